The van der Waals surface area contributed by atoms with Gasteiger partial charge < -0.3 is 10.6 Å². The van der Waals surface area contributed by atoms with Crippen molar-refractivity contribution in [1.29, 1.82) is 0 Å². The number of nitrogens with zero attached hydrogens (tertiary/aromatic N) is 1. The van der Waals surface area contributed by atoms with Gasteiger partial charge in [0.1, 0.15) is 0 Å². The first-order valence-electron chi connectivity index (χ1n) is 8.41. The van der Waals surface area contributed by atoms with Crippen molar-refractivity contribution < 1.29 is 4.79 Å². The predicted molar refractivity (Wildman–Crippen MR) is 78.8 cm³/mol. The van der Waals surface area contributed by atoms with Crippen LogP contribution in [0.25, 0.3) is 0 Å². The summed E-state index contributed by atoms with van der Waals surface area (Å²) in [4.78, 5) is 14.1. The summed E-state index contributed by atoms with van der Waals surface area (Å²) >= 11 is 0. The molecule has 1 atom stereocenters. The zero-order valence-electron chi connectivity index (χ0n) is 12.2. The number of amides is 1. The Kier molecular flexibility index (Phi) is 3.13. The third-order valence-electron chi connectivity index (χ3n) is 6.30. The van der Waals surface area contributed by atoms with Crippen molar-refractivity contribution >= 4 is 5.91 Å². The summed E-state index contributed by atoms with van der Waals surface area (Å²) in [7, 11) is 0. The van der Waals surface area contributed by atoms with Gasteiger partial charge in [-0.05, 0) is 74.2 Å². The molecule has 3 nitrogen and oxygen atoms in total. The number of rotatable bonds is 2. The lowest BCUT2D eigenvalue weighted by Crippen LogP contribution is -2.44. The van der Waals surface area contributed by atoms with E-state index >= 15 is 0 Å². The second kappa shape index (κ2) is 4.87. The van der Waals surface area contributed by atoms with Crippen LogP contribution in [0, 0.1) is 29.6 Å². The molecule has 5 rings (SSSR count). The summed E-state index contributed by atoms with van der Waals surface area (Å²) in [5.74, 6) is 4.63. The van der Waals surface area contributed by atoms with Gasteiger partial charge >= 0.3 is 0 Å². The van der Waals surface area contributed by atoms with Gasteiger partial charge in [-0.1, -0.05) is 6.08 Å². The predicted octanol–water partition coefficient (Wildman–Crippen LogP) is 2.17. The molecule has 4 aliphatic carbocycles. The van der Waals surface area contributed by atoms with Crippen LogP contribution >= 0.6 is 0 Å². The number of carbonyl (C=O) groups excluding carboxylic acids is 1. The molecule has 0 radical (unpaired) electrons. The summed E-state index contributed by atoms with van der Waals surface area (Å²) in [5, 5.41) is 0. The van der Waals surface area contributed by atoms with E-state index in [1.807, 2.05) is 11.0 Å². The van der Waals surface area contributed by atoms with Gasteiger partial charge in [0, 0.05) is 19.1 Å². The van der Waals surface area contributed by atoms with E-state index < -0.39 is 0 Å². The standard InChI is InChI=1S/C17H26N2O/c18-15-3-4-19(10-15)17(20)2-1-16-13-6-11-5-12(8-13)9-14(16)7-11/h1-2,11-16H,3-10,18H2/b2-1+. The highest BCUT2D eigenvalue weighted by Gasteiger charge is 2.47. The first-order chi connectivity index (χ1) is 9.69. The number of hydrogen-bond donors (Lipinski definition) is 1. The summed E-state index contributed by atoms with van der Waals surface area (Å²) in [6, 6.07) is 0.188. The lowest BCUT2D eigenvalue weighted by atomic mass is 9.52. The Labute approximate surface area is 121 Å². The highest BCUT2D eigenvalue weighted by molar-refractivity contribution is 5.87. The maximum absolute atomic E-state index is 12.2. The van der Waals surface area contributed by atoms with Crippen LogP contribution in [0.2, 0.25) is 0 Å². The van der Waals surface area contributed by atoms with Crippen LogP contribution in [0.3, 0.4) is 0 Å². The van der Waals surface area contributed by atoms with Crippen molar-refractivity contribution in [2.45, 2.75) is 44.6 Å². The highest BCUT2D eigenvalue weighted by Crippen LogP contribution is 2.56. The minimum absolute atomic E-state index is 0.187. The van der Waals surface area contributed by atoms with E-state index in [1.165, 1.54) is 32.1 Å². The van der Waals surface area contributed by atoms with Crippen molar-refractivity contribution in [2.24, 2.45) is 35.3 Å². The Morgan fingerprint density at radius 3 is 2.25 bits per heavy atom. The van der Waals surface area contributed by atoms with Crippen molar-refractivity contribution in [3.05, 3.63) is 12.2 Å². The molecule has 5 fully saturated rings. The fraction of sp³-hybridized carbons (Fsp3) is 0.824. The van der Waals surface area contributed by atoms with Crippen LogP contribution in [0.1, 0.15) is 38.5 Å². The molecule has 20 heavy (non-hydrogen) atoms. The molecule has 0 aromatic carbocycles. The molecule has 3 heteroatoms. The maximum atomic E-state index is 12.2. The number of allylic oxidation sites excluding steroid dienone is 1. The Hall–Kier alpha value is -0.830. The minimum Gasteiger partial charge on any atom is -0.338 e. The lowest BCUT2D eigenvalue weighted by molar-refractivity contribution is -0.125. The summed E-state index contributed by atoms with van der Waals surface area (Å²) in [5.41, 5.74) is 5.88. The molecule has 1 heterocycles. The van der Waals surface area contributed by atoms with Crippen LogP contribution < -0.4 is 5.73 Å². The van der Waals surface area contributed by atoms with Crippen LogP contribution in [-0.4, -0.2) is 29.9 Å². The van der Waals surface area contributed by atoms with E-state index in [-0.39, 0.29) is 11.9 Å². The molecule has 1 amide bonds. The zero-order chi connectivity index (χ0) is 13.7. The van der Waals surface area contributed by atoms with E-state index in [1.54, 1.807) is 0 Å². The van der Waals surface area contributed by atoms with Gasteiger partial charge in [0.05, 0.1) is 0 Å². The molecule has 1 unspecified atom stereocenters. The molecule has 1 saturated heterocycles. The molecule has 0 aromatic heterocycles. The van der Waals surface area contributed by atoms with Gasteiger partial charge in [-0.15, -0.1) is 0 Å². The molecule has 4 bridgehead atoms. The van der Waals surface area contributed by atoms with Crippen molar-refractivity contribution in [3.63, 3.8) is 0 Å². The van der Waals surface area contributed by atoms with E-state index in [0.29, 0.717) is 5.92 Å². The average Bonchev–Trinajstić information content (AvgIpc) is 2.83. The van der Waals surface area contributed by atoms with E-state index in [9.17, 15) is 4.79 Å². The van der Waals surface area contributed by atoms with Crippen molar-refractivity contribution in [1.82, 2.24) is 4.90 Å². The first-order valence-corrected chi connectivity index (χ1v) is 8.41. The second-order valence-corrected chi connectivity index (χ2v) is 7.70. The number of hydrogen-bond acceptors (Lipinski definition) is 2. The number of likely N-dealkylation sites (tertiary alicyclic amines) is 1. The normalized spacial score (nSPS) is 46.5. The summed E-state index contributed by atoms with van der Waals surface area (Å²) in [6.45, 7) is 1.58. The molecule has 4 saturated carbocycles. The molecule has 0 aromatic rings. The molecule has 5 aliphatic rings. The molecule has 110 valence electrons. The Morgan fingerprint density at radius 1 is 1.05 bits per heavy atom. The lowest BCUT2D eigenvalue weighted by Gasteiger charge is -2.53. The van der Waals surface area contributed by atoms with Crippen LogP contribution in [-0.2, 0) is 4.79 Å². The summed E-state index contributed by atoms with van der Waals surface area (Å²) < 4.78 is 0. The fourth-order valence-electron chi connectivity index (χ4n) is 5.57. The van der Waals surface area contributed by atoms with Gasteiger partial charge in [0.15, 0.2) is 0 Å². The van der Waals surface area contributed by atoms with Crippen LogP contribution in [0.15, 0.2) is 12.2 Å². The van der Waals surface area contributed by atoms with Gasteiger partial charge in [0.25, 0.3) is 0 Å². The quantitative estimate of drug-likeness (QED) is 0.785. The van der Waals surface area contributed by atoms with E-state index in [0.717, 1.165) is 43.2 Å². The van der Waals surface area contributed by atoms with Gasteiger partial charge in [0.2, 0.25) is 5.91 Å². The first kappa shape index (κ1) is 12.9. The van der Waals surface area contributed by atoms with E-state index in [4.69, 9.17) is 5.73 Å². The smallest absolute Gasteiger partial charge is 0.246 e. The topological polar surface area (TPSA) is 46.3 Å². The number of carbonyl (C=O) groups is 1. The van der Waals surface area contributed by atoms with Gasteiger partial charge in [-0.2, -0.15) is 0 Å². The third-order valence-corrected chi connectivity index (χ3v) is 6.30. The Morgan fingerprint density at radius 2 is 1.70 bits per heavy atom. The van der Waals surface area contributed by atoms with Crippen molar-refractivity contribution in [2.75, 3.05) is 13.1 Å². The monoisotopic (exact) mass is 274 g/mol. The van der Waals surface area contributed by atoms with E-state index in [2.05, 4.69) is 6.08 Å². The average molecular weight is 274 g/mol. The SMILES string of the molecule is NC1CCN(C(=O)/C=C/C2C3CC4CC(C3)CC2C4)C1. The van der Waals surface area contributed by atoms with Crippen molar-refractivity contribution in [3.8, 4) is 0 Å². The molecule has 1 aliphatic heterocycles. The highest BCUT2D eigenvalue weighted by atomic mass is 16.2. The fourth-order valence-corrected chi connectivity index (χ4v) is 5.57. The number of nitrogens with two attached hydrogens (primary N) is 1. The molecule has 2 N–H and O–H groups in total. The largest absolute Gasteiger partial charge is 0.338 e. The third kappa shape index (κ3) is 2.20. The Balaban J connectivity index is 1.41. The van der Waals surface area contributed by atoms with Crippen LogP contribution in [0.4, 0.5) is 0 Å². The van der Waals surface area contributed by atoms with Gasteiger partial charge in [-0.25, -0.2) is 0 Å². The Bertz CT molecular complexity index is 403. The molecular formula is C17H26N2O. The maximum Gasteiger partial charge on any atom is 0.246 e. The summed E-state index contributed by atoms with van der Waals surface area (Å²) in [6.07, 6.45) is 12.3. The molecule has 0 spiro atoms. The van der Waals surface area contributed by atoms with Crippen LogP contribution in [0.5, 0.6) is 0 Å². The second-order valence-electron chi connectivity index (χ2n) is 7.70. The van der Waals surface area contributed by atoms with Gasteiger partial charge in [-0.3, -0.25) is 4.79 Å². The molecular weight excluding hydrogens is 248 g/mol. The zero-order valence-corrected chi connectivity index (χ0v) is 12.2. The minimum atomic E-state index is 0.187.